The van der Waals surface area contributed by atoms with E-state index in [2.05, 4.69) is 10.3 Å². The van der Waals surface area contributed by atoms with Gasteiger partial charge in [0.15, 0.2) is 0 Å². The molecule has 0 fully saturated rings. The Bertz CT molecular complexity index is 1090. The molecular weight excluding hydrogens is 380 g/mol. The molecule has 3 aromatic rings. The second-order valence-corrected chi connectivity index (χ2v) is 8.06. The number of carbonyl (C=O) groups excluding carboxylic acids is 1. The van der Waals surface area contributed by atoms with E-state index in [1.807, 2.05) is 35.8 Å². The van der Waals surface area contributed by atoms with Crippen LogP contribution in [0.15, 0.2) is 53.4 Å². The molecule has 2 aromatic carbocycles. The Hall–Kier alpha value is -2.75. The minimum Gasteiger partial charge on any atom is -0.325 e. The number of amides is 1. The zero-order valence-corrected chi connectivity index (χ0v) is 16.7. The summed E-state index contributed by atoms with van der Waals surface area (Å²) in [6.07, 6.45) is 0.710. The van der Waals surface area contributed by atoms with Crippen molar-refractivity contribution in [3.05, 3.63) is 54.4 Å². The number of imidazole rings is 1. The van der Waals surface area contributed by atoms with Crippen molar-refractivity contribution in [1.82, 2.24) is 14.0 Å². The maximum Gasteiger partial charge on any atom is 0.264 e. The Morgan fingerprint density at radius 3 is 2.50 bits per heavy atom. The lowest BCUT2D eigenvalue weighted by molar-refractivity contribution is -0.116. The van der Waals surface area contributed by atoms with Gasteiger partial charge in [0.1, 0.15) is 12.4 Å². The Labute approximate surface area is 163 Å². The van der Waals surface area contributed by atoms with Crippen LogP contribution in [0.1, 0.15) is 12.7 Å². The molecule has 28 heavy (non-hydrogen) atoms. The van der Waals surface area contributed by atoms with E-state index in [0.717, 1.165) is 21.3 Å². The van der Waals surface area contributed by atoms with E-state index in [9.17, 15) is 13.2 Å². The first kappa shape index (κ1) is 20.0. The number of aryl methyl sites for hydroxylation is 1. The third kappa shape index (κ3) is 3.91. The highest BCUT2D eigenvalue weighted by Gasteiger charge is 2.20. The van der Waals surface area contributed by atoms with Crippen LogP contribution in [0.3, 0.4) is 0 Å². The maximum atomic E-state index is 12.5. The van der Waals surface area contributed by atoms with Crippen molar-refractivity contribution in [1.29, 1.82) is 0 Å². The number of sulfonamides is 1. The van der Waals surface area contributed by atoms with Crippen LogP contribution in [0, 0.1) is 0 Å². The van der Waals surface area contributed by atoms with Crippen LogP contribution in [0.4, 0.5) is 5.69 Å². The molecule has 1 amide bonds. The Balaban J connectivity index is 1.76. The van der Waals surface area contributed by atoms with Gasteiger partial charge in [-0.2, -0.15) is 0 Å². The SMILES string of the molecule is CCc1nc2ccccc2n1CC(=O)Nc1ccc(S(=O)(=O)N(C)OC)cc1. The predicted molar refractivity (Wildman–Crippen MR) is 106 cm³/mol. The summed E-state index contributed by atoms with van der Waals surface area (Å²) in [6, 6.07) is 13.6. The summed E-state index contributed by atoms with van der Waals surface area (Å²) >= 11 is 0. The smallest absolute Gasteiger partial charge is 0.264 e. The quantitative estimate of drug-likeness (QED) is 0.613. The van der Waals surface area contributed by atoms with E-state index in [4.69, 9.17) is 4.84 Å². The number of hydrogen-bond donors (Lipinski definition) is 1. The van der Waals surface area contributed by atoms with Gasteiger partial charge in [0.2, 0.25) is 5.91 Å². The summed E-state index contributed by atoms with van der Waals surface area (Å²) < 4.78 is 27.1. The zero-order valence-electron chi connectivity index (χ0n) is 15.9. The third-order valence-corrected chi connectivity index (χ3v) is 6.08. The lowest BCUT2D eigenvalue weighted by atomic mass is 10.3. The van der Waals surface area contributed by atoms with Crippen LogP contribution < -0.4 is 5.32 Å². The molecule has 0 aliphatic heterocycles. The van der Waals surface area contributed by atoms with E-state index in [0.29, 0.717) is 12.1 Å². The maximum absolute atomic E-state index is 12.5. The summed E-state index contributed by atoms with van der Waals surface area (Å²) in [6.45, 7) is 2.11. The van der Waals surface area contributed by atoms with E-state index in [1.165, 1.54) is 26.3 Å². The number of aromatic nitrogens is 2. The van der Waals surface area contributed by atoms with E-state index in [1.54, 1.807) is 12.1 Å². The number of para-hydroxylation sites is 2. The van der Waals surface area contributed by atoms with Gasteiger partial charge in [-0.3, -0.25) is 9.63 Å². The van der Waals surface area contributed by atoms with Gasteiger partial charge in [-0.1, -0.05) is 23.5 Å². The number of carbonyl (C=O) groups is 1. The Kier molecular flexibility index (Phi) is 5.78. The highest BCUT2D eigenvalue weighted by Crippen LogP contribution is 2.19. The standard InChI is InChI=1S/C19H22N4O4S/c1-4-18-21-16-7-5-6-8-17(16)23(18)13-19(24)20-14-9-11-15(12-10-14)28(25,26)22(2)27-3/h5-12H,4,13H2,1-3H3,(H,20,24). The normalized spacial score (nSPS) is 11.9. The Morgan fingerprint density at radius 1 is 1.18 bits per heavy atom. The third-order valence-electron chi connectivity index (χ3n) is 4.38. The molecule has 0 saturated heterocycles. The molecule has 1 N–H and O–H groups in total. The van der Waals surface area contributed by atoms with Gasteiger partial charge < -0.3 is 9.88 Å². The van der Waals surface area contributed by atoms with Gasteiger partial charge in [0, 0.05) is 19.2 Å². The average Bonchev–Trinajstić information content (AvgIpc) is 3.05. The van der Waals surface area contributed by atoms with Gasteiger partial charge >= 0.3 is 0 Å². The van der Waals surface area contributed by atoms with E-state index >= 15 is 0 Å². The summed E-state index contributed by atoms with van der Waals surface area (Å²) in [7, 11) is -1.14. The largest absolute Gasteiger partial charge is 0.325 e. The summed E-state index contributed by atoms with van der Waals surface area (Å²) in [5.41, 5.74) is 2.26. The second-order valence-electron chi connectivity index (χ2n) is 6.13. The zero-order chi connectivity index (χ0) is 20.3. The molecule has 0 unspecified atom stereocenters. The molecule has 0 saturated carbocycles. The first-order chi connectivity index (χ1) is 13.4. The number of hydroxylamine groups is 1. The van der Waals surface area contributed by atoms with Crippen molar-refractivity contribution in [2.24, 2.45) is 0 Å². The van der Waals surface area contributed by atoms with Gasteiger partial charge in [0.05, 0.1) is 23.0 Å². The van der Waals surface area contributed by atoms with Crippen LogP contribution >= 0.6 is 0 Å². The van der Waals surface area contributed by atoms with Crippen LogP contribution in [-0.2, 0) is 32.6 Å². The highest BCUT2D eigenvalue weighted by atomic mass is 32.2. The van der Waals surface area contributed by atoms with Crippen LogP contribution in [0.25, 0.3) is 11.0 Å². The summed E-state index contributed by atoms with van der Waals surface area (Å²) in [5, 5.41) is 2.79. The first-order valence-electron chi connectivity index (χ1n) is 8.74. The number of nitrogens with one attached hydrogen (secondary N) is 1. The van der Waals surface area contributed by atoms with Crippen LogP contribution in [0.2, 0.25) is 0 Å². The minimum atomic E-state index is -3.72. The number of benzene rings is 2. The summed E-state index contributed by atoms with van der Waals surface area (Å²) in [5.74, 6) is 0.614. The van der Waals surface area contributed by atoms with Gasteiger partial charge in [0.25, 0.3) is 10.0 Å². The molecule has 8 nitrogen and oxygen atoms in total. The van der Waals surface area contributed by atoms with Crippen LogP contribution in [0.5, 0.6) is 0 Å². The van der Waals surface area contributed by atoms with Crippen molar-refractivity contribution in [2.45, 2.75) is 24.8 Å². The molecule has 1 aromatic heterocycles. The predicted octanol–water partition coefficient (Wildman–Crippen LogP) is 2.42. The van der Waals surface area contributed by atoms with Gasteiger partial charge in [-0.25, -0.2) is 13.4 Å². The van der Waals surface area contributed by atoms with Gasteiger partial charge in [-0.15, -0.1) is 0 Å². The first-order valence-corrected chi connectivity index (χ1v) is 10.2. The molecule has 3 rings (SSSR count). The molecule has 0 radical (unpaired) electrons. The minimum absolute atomic E-state index is 0.0729. The molecule has 0 bridgehead atoms. The van der Waals surface area contributed by atoms with Crippen LogP contribution in [-0.4, -0.2) is 42.5 Å². The second kappa shape index (κ2) is 8.09. The molecular formula is C19H22N4O4S. The Morgan fingerprint density at radius 2 is 1.86 bits per heavy atom. The average molecular weight is 402 g/mol. The highest BCUT2D eigenvalue weighted by molar-refractivity contribution is 7.89. The van der Waals surface area contributed by atoms with E-state index in [-0.39, 0.29) is 17.3 Å². The van der Waals surface area contributed by atoms with Crippen molar-refractivity contribution in [3.8, 4) is 0 Å². The number of fused-ring (bicyclic) bond motifs is 1. The lowest BCUT2D eigenvalue weighted by Gasteiger charge is -2.14. The fraction of sp³-hybridized carbons (Fsp3) is 0.263. The number of nitrogens with zero attached hydrogens (tertiary/aromatic N) is 3. The lowest BCUT2D eigenvalue weighted by Crippen LogP contribution is -2.25. The molecule has 0 atom stereocenters. The molecule has 0 aliphatic carbocycles. The number of anilines is 1. The fourth-order valence-electron chi connectivity index (χ4n) is 2.87. The molecule has 1 heterocycles. The van der Waals surface area contributed by atoms with Gasteiger partial charge in [-0.05, 0) is 36.4 Å². The fourth-order valence-corrected chi connectivity index (χ4v) is 3.85. The number of hydrogen-bond acceptors (Lipinski definition) is 5. The number of rotatable bonds is 7. The van der Waals surface area contributed by atoms with Crippen molar-refractivity contribution >= 4 is 32.7 Å². The molecule has 9 heteroatoms. The molecule has 148 valence electrons. The van der Waals surface area contributed by atoms with E-state index < -0.39 is 10.0 Å². The van der Waals surface area contributed by atoms with Crippen molar-refractivity contribution in [2.75, 3.05) is 19.5 Å². The monoisotopic (exact) mass is 402 g/mol. The van der Waals surface area contributed by atoms with Crippen molar-refractivity contribution < 1.29 is 18.0 Å². The molecule has 0 spiro atoms. The van der Waals surface area contributed by atoms with Crippen molar-refractivity contribution in [3.63, 3.8) is 0 Å². The molecule has 0 aliphatic rings. The summed E-state index contributed by atoms with van der Waals surface area (Å²) in [4.78, 5) is 21.9. The topological polar surface area (TPSA) is 93.5 Å².